The Morgan fingerprint density at radius 2 is 1.67 bits per heavy atom. The lowest BCUT2D eigenvalue weighted by molar-refractivity contribution is -0.217. The molecular formula is C16H30N4O8S5. The Hall–Kier alpha value is -0.690. The third kappa shape index (κ3) is 25.8. The molecule has 33 heavy (non-hydrogen) atoms. The van der Waals surface area contributed by atoms with Crippen molar-refractivity contribution in [2.75, 3.05) is 60.1 Å². The maximum atomic E-state index is 11.8. The fourth-order valence-electron chi connectivity index (χ4n) is 1.37. The molecule has 0 radical (unpaired) electrons. The van der Waals surface area contributed by atoms with Crippen LogP contribution in [0.3, 0.4) is 0 Å². The molecule has 17 heteroatoms. The molecule has 1 unspecified atom stereocenters. The minimum atomic E-state index is -1.24. The molecule has 0 aliphatic carbocycles. The van der Waals surface area contributed by atoms with E-state index in [1.807, 2.05) is 0 Å². The van der Waals surface area contributed by atoms with Crippen LogP contribution in [0.4, 0.5) is 9.59 Å². The monoisotopic (exact) mass is 566 g/mol. The number of nitrogens with zero attached hydrogens (tertiary/aromatic N) is 2. The normalized spacial score (nSPS) is 12.2. The molecule has 0 aromatic heterocycles. The van der Waals surface area contributed by atoms with Gasteiger partial charge < -0.3 is 30.5 Å². The summed E-state index contributed by atoms with van der Waals surface area (Å²) in [4.78, 5) is 40.2. The van der Waals surface area contributed by atoms with Crippen LogP contribution in [-0.2, 0) is 25.3 Å². The molecule has 0 aromatic carbocycles. The van der Waals surface area contributed by atoms with E-state index in [-0.39, 0.29) is 31.7 Å². The highest BCUT2D eigenvalue weighted by Gasteiger charge is 2.03. The summed E-state index contributed by atoms with van der Waals surface area (Å²) in [6.45, 7) is 0.447. The Bertz CT molecular complexity index is 589. The first-order valence-electron chi connectivity index (χ1n) is 9.50. The van der Waals surface area contributed by atoms with Crippen molar-refractivity contribution in [1.29, 1.82) is 0 Å². The third-order valence-electron chi connectivity index (χ3n) is 2.74. The van der Waals surface area contributed by atoms with Crippen molar-refractivity contribution < 1.29 is 38.5 Å². The molecule has 0 heterocycles. The van der Waals surface area contributed by atoms with E-state index in [2.05, 4.69) is 25.5 Å². The minimum absolute atomic E-state index is 0.0327. The molecule has 2 amide bonds. The van der Waals surface area contributed by atoms with Crippen LogP contribution in [0.5, 0.6) is 0 Å². The number of carbonyl (C=O) groups is 2. The fourth-order valence-corrected chi connectivity index (χ4v) is 5.50. The summed E-state index contributed by atoms with van der Waals surface area (Å²) in [5.74, 6) is 1.44. The van der Waals surface area contributed by atoms with E-state index >= 15 is 0 Å². The van der Waals surface area contributed by atoms with Crippen molar-refractivity contribution in [3.05, 3.63) is 0 Å². The topological polar surface area (TPSA) is 168 Å². The number of amides is 2. The number of rotatable bonds is 21. The summed E-state index contributed by atoms with van der Waals surface area (Å²) in [6, 6.07) is 0. The third-order valence-corrected chi connectivity index (χ3v) is 7.63. The number of aliphatic hydroxyl groups is 2. The lowest BCUT2D eigenvalue weighted by Crippen LogP contribution is -2.24. The number of aliphatic imine (C=N–C) groups is 2. The zero-order valence-corrected chi connectivity index (χ0v) is 22.0. The van der Waals surface area contributed by atoms with Gasteiger partial charge in [-0.3, -0.25) is 14.0 Å². The van der Waals surface area contributed by atoms with E-state index in [1.165, 1.54) is 40.8 Å². The summed E-state index contributed by atoms with van der Waals surface area (Å²) in [7, 11) is -1.24. The van der Waals surface area contributed by atoms with E-state index in [0.717, 1.165) is 18.2 Å². The minimum Gasteiger partial charge on any atom is -0.449 e. The van der Waals surface area contributed by atoms with E-state index in [9.17, 15) is 13.8 Å². The van der Waals surface area contributed by atoms with Crippen LogP contribution in [0.15, 0.2) is 9.98 Å². The van der Waals surface area contributed by atoms with Crippen LogP contribution in [0.2, 0.25) is 0 Å². The second-order valence-corrected chi connectivity index (χ2v) is 11.2. The first-order valence-corrected chi connectivity index (χ1v) is 15.3. The SMILES string of the molecule is O=C(NCSCN=CS(=O)CSCSC(=O)NCSCN=COOCCCO)OCCCO. The molecule has 0 saturated carbocycles. The number of ether oxygens (including phenoxy) is 1. The molecule has 0 aliphatic heterocycles. The average molecular weight is 567 g/mol. The predicted octanol–water partition coefficient (Wildman–Crippen LogP) is 1.62. The van der Waals surface area contributed by atoms with Crippen LogP contribution in [0.1, 0.15) is 12.8 Å². The molecule has 0 fully saturated rings. The Balaban J connectivity index is 3.51. The Labute approximate surface area is 212 Å². The largest absolute Gasteiger partial charge is 0.449 e. The number of thioether (sulfide) groups is 4. The number of carbonyl (C=O) groups excluding carboxylic acids is 2. The summed E-state index contributed by atoms with van der Waals surface area (Å²) < 4.78 is 16.6. The molecule has 0 bridgehead atoms. The maximum Gasteiger partial charge on any atom is 0.407 e. The van der Waals surface area contributed by atoms with Gasteiger partial charge in [0.25, 0.3) is 5.24 Å². The van der Waals surface area contributed by atoms with Crippen molar-refractivity contribution in [3.63, 3.8) is 0 Å². The number of aliphatic hydroxyl groups excluding tert-OH is 2. The predicted molar refractivity (Wildman–Crippen MR) is 138 cm³/mol. The van der Waals surface area contributed by atoms with Gasteiger partial charge in [0.05, 0.1) is 58.2 Å². The first kappa shape index (κ1) is 32.3. The van der Waals surface area contributed by atoms with Crippen LogP contribution >= 0.6 is 47.0 Å². The van der Waals surface area contributed by atoms with Crippen LogP contribution in [0, 0.1) is 0 Å². The van der Waals surface area contributed by atoms with Gasteiger partial charge >= 0.3 is 6.09 Å². The Morgan fingerprint density at radius 1 is 0.970 bits per heavy atom. The summed E-state index contributed by atoms with van der Waals surface area (Å²) in [5, 5.41) is 23.0. The highest BCUT2D eigenvalue weighted by molar-refractivity contribution is 8.27. The van der Waals surface area contributed by atoms with Crippen molar-refractivity contribution in [2.24, 2.45) is 9.98 Å². The van der Waals surface area contributed by atoms with Crippen LogP contribution in [-0.4, -0.2) is 97.8 Å². The summed E-state index contributed by atoms with van der Waals surface area (Å²) in [6.07, 6.45) is 1.49. The fraction of sp³-hybridized carbons (Fsp3) is 0.750. The van der Waals surface area contributed by atoms with E-state index in [4.69, 9.17) is 19.8 Å². The molecule has 0 rings (SSSR count). The van der Waals surface area contributed by atoms with Gasteiger partial charge in [-0.25, -0.2) is 9.79 Å². The molecule has 1 atom stereocenters. The van der Waals surface area contributed by atoms with Gasteiger partial charge in [0, 0.05) is 24.7 Å². The smallest absolute Gasteiger partial charge is 0.407 e. The van der Waals surface area contributed by atoms with Crippen LogP contribution in [0.25, 0.3) is 0 Å². The lowest BCUT2D eigenvalue weighted by atomic mass is 10.5. The molecule has 0 spiro atoms. The van der Waals surface area contributed by atoms with Crippen LogP contribution < -0.4 is 10.6 Å². The molecule has 0 saturated heterocycles. The first-order chi connectivity index (χ1) is 16.1. The lowest BCUT2D eigenvalue weighted by Gasteiger charge is -2.04. The van der Waals surface area contributed by atoms with Gasteiger partial charge in [0.1, 0.15) is 0 Å². The van der Waals surface area contributed by atoms with Crippen molar-refractivity contribution in [1.82, 2.24) is 10.6 Å². The highest BCUT2D eigenvalue weighted by atomic mass is 32.2. The van der Waals surface area contributed by atoms with Gasteiger partial charge in [0.15, 0.2) is 0 Å². The number of nitrogens with one attached hydrogen (secondary N) is 2. The van der Waals surface area contributed by atoms with E-state index in [0.29, 0.717) is 46.5 Å². The zero-order chi connectivity index (χ0) is 24.4. The van der Waals surface area contributed by atoms with Gasteiger partial charge in [-0.05, 0) is 6.42 Å². The molecule has 12 nitrogen and oxygen atoms in total. The molecule has 192 valence electrons. The Morgan fingerprint density at radius 3 is 2.42 bits per heavy atom. The van der Waals surface area contributed by atoms with Crippen molar-refractivity contribution in [3.8, 4) is 0 Å². The highest BCUT2D eigenvalue weighted by Crippen LogP contribution is 2.14. The molecule has 0 aliphatic rings. The number of hydrogen-bond donors (Lipinski definition) is 4. The molecular weight excluding hydrogens is 537 g/mol. The van der Waals surface area contributed by atoms with Gasteiger partial charge in [-0.15, -0.1) is 35.3 Å². The average Bonchev–Trinajstić information content (AvgIpc) is 2.80. The quantitative estimate of drug-likeness (QED) is 0.0396. The molecule has 0 aromatic rings. The molecule has 4 N–H and O–H groups in total. The van der Waals surface area contributed by atoms with E-state index < -0.39 is 16.9 Å². The second-order valence-electron chi connectivity index (χ2n) is 5.35. The van der Waals surface area contributed by atoms with Gasteiger partial charge in [-0.2, -0.15) is 4.89 Å². The standard InChI is InChI=1S/C16H30N4O8S5/c21-3-1-5-26-15(23)19-10-30-9-18-12-33(25)14-31-13-32-16(24)20-11-29-8-17-7-28-27-6-2-4-22/h7,12,21-22H,1-6,8-11,13-14H2,(H,19,23)(H,20,24). The zero-order valence-electron chi connectivity index (χ0n) is 17.9. The van der Waals surface area contributed by atoms with Crippen molar-refractivity contribution >= 4 is 81.1 Å². The van der Waals surface area contributed by atoms with Crippen molar-refractivity contribution in [2.45, 2.75) is 12.8 Å². The summed E-state index contributed by atoms with van der Waals surface area (Å²) in [5.41, 5.74) is 1.35. The van der Waals surface area contributed by atoms with E-state index in [1.54, 1.807) is 0 Å². The number of hydrogen-bond acceptors (Lipinski definition) is 14. The maximum absolute atomic E-state index is 11.8. The second kappa shape index (κ2) is 25.9. The Kier molecular flexibility index (Phi) is 25.4. The number of alkyl carbamates (subject to hydrolysis) is 1. The summed E-state index contributed by atoms with van der Waals surface area (Å²) >= 11 is 5.16. The van der Waals surface area contributed by atoms with Gasteiger partial charge in [-0.1, -0.05) is 11.8 Å². The van der Waals surface area contributed by atoms with Gasteiger partial charge in [0.2, 0.25) is 6.40 Å².